The van der Waals surface area contributed by atoms with Crippen LogP contribution in [0.4, 0.5) is 13.2 Å². The van der Waals surface area contributed by atoms with Gasteiger partial charge < -0.3 is 8.60 Å². The molecular formula is C24H17F3N2O5S. The summed E-state index contributed by atoms with van der Waals surface area (Å²) >= 11 is 0. The van der Waals surface area contributed by atoms with Crippen molar-refractivity contribution in [3.8, 4) is 5.75 Å². The number of nitrogens with zero attached hydrogens (tertiary/aromatic N) is 1. The summed E-state index contributed by atoms with van der Waals surface area (Å²) in [6.45, 7) is 0. The second-order valence-electron chi connectivity index (χ2n) is 7.32. The number of fused-ring (bicyclic) bond motifs is 1. The summed E-state index contributed by atoms with van der Waals surface area (Å²) in [5.74, 6) is -0.528. The summed E-state index contributed by atoms with van der Waals surface area (Å²) < 4.78 is 73.8. The highest BCUT2D eigenvalue weighted by atomic mass is 32.2. The Hall–Kier alpha value is -4.12. The maximum Gasteiger partial charge on any atom is 0.416 e. The van der Waals surface area contributed by atoms with Gasteiger partial charge in [-0.1, -0.05) is 24.3 Å². The lowest BCUT2D eigenvalue weighted by molar-refractivity contribution is -0.137. The number of rotatable bonds is 7. The number of hydrogen-bond acceptors (Lipinski definition) is 6. The van der Waals surface area contributed by atoms with E-state index in [-0.39, 0.29) is 17.7 Å². The van der Waals surface area contributed by atoms with Crippen LogP contribution in [-0.2, 0) is 27.5 Å². The fourth-order valence-electron chi connectivity index (χ4n) is 3.24. The van der Waals surface area contributed by atoms with Crippen molar-refractivity contribution in [1.29, 1.82) is 0 Å². The van der Waals surface area contributed by atoms with Crippen LogP contribution in [0.25, 0.3) is 11.0 Å². The van der Waals surface area contributed by atoms with Crippen LogP contribution in [-0.4, -0.2) is 20.5 Å². The molecule has 1 N–H and O–H groups in total. The molecule has 0 unspecified atom stereocenters. The van der Waals surface area contributed by atoms with Gasteiger partial charge in [-0.2, -0.15) is 26.7 Å². The van der Waals surface area contributed by atoms with E-state index in [1.165, 1.54) is 30.7 Å². The summed E-state index contributed by atoms with van der Waals surface area (Å²) in [4.78, 5) is 11.9. The Bertz CT molecular complexity index is 1490. The number of carbonyl (C=O) groups is 1. The van der Waals surface area contributed by atoms with Crippen molar-refractivity contribution in [2.45, 2.75) is 17.5 Å². The number of hydrogen-bond donors (Lipinski definition) is 1. The maximum absolute atomic E-state index is 12.7. The zero-order valence-electron chi connectivity index (χ0n) is 17.8. The van der Waals surface area contributed by atoms with Crippen LogP contribution in [0.2, 0.25) is 0 Å². The lowest BCUT2D eigenvalue weighted by Gasteiger charge is -2.11. The summed E-state index contributed by atoms with van der Waals surface area (Å²) in [5.41, 5.74) is 3.00. The van der Waals surface area contributed by atoms with Gasteiger partial charge >= 0.3 is 16.3 Å². The Kier molecular flexibility index (Phi) is 6.61. The van der Waals surface area contributed by atoms with Crippen LogP contribution in [0.3, 0.4) is 0 Å². The number of alkyl halides is 3. The standard InChI is InChI=1S/C24H17F3N2O5S/c25-24(26,27)18-8-10-19(11-9-18)35(31,32)34-21-6-2-1-4-17(21)15-28-29-23(30)14-16-5-3-7-22-20(16)12-13-33-22/h1-13,15H,14H2,(H,29,30)/b28-15+. The minimum Gasteiger partial charge on any atom is -0.464 e. The van der Waals surface area contributed by atoms with E-state index >= 15 is 0 Å². The molecule has 0 bridgehead atoms. The Morgan fingerprint density at radius 3 is 2.49 bits per heavy atom. The van der Waals surface area contributed by atoms with Gasteiger partial charge in [0.25, 0.3) is 0 Å². The maximum atomic E-state index is 12.7. The smallest absolute Gasteiger partial charge is 0.416 e. The molecule has 1 heterocycles. The van der Waals surface area contributed by atoms with Crippen molar-refractivity contribution >= 4 is 33.2 Å². The van der Waals surface area contributed by atoms with Crippen molar-refractivity contribution in [2.75, 3.05) is 0 Å². The van der Waals surface area contributed by atoms with E-state index in [4.69, 9.17) is 8.60 Å². The van der Waals surface area contributed by atoms with E-state index < -0.39 is 32.7 Å². The van der Waals surface area contributed by atoms with Gasteiger partial charge in [-0.3, -0.25) is 4.79 Å². The van der Waals surface area contributed by atoms with Gasteiger partial charge in [-0.25, -0.2) is 5.43 Å². The van der Waals surface area contributed by atoms with Crippen LogP contribution in [0.5, 0.6) is 5.75 Å². The Morgan fingerprint density at radius 2 is 1.74 bits per heavy atom. The van der Waals surface area contributed by atoms with Crippen molar-refractivity contribution < 1.29 is 35.0 Å². The molecule has 180 valence electrons. The Labute approximate surface area is 198 Å². The molecule has 0 spiro atoms. The second-order valence-corrected chi connectivity index (χ2v) is 8.86. The summed E-state index contributed by atoms with van der Waals surface area (Å²) in [6.07, 6.45) is -1.83. The van der Waals surface area contributed by atoms with Gasteiger partial charge in [0.1, 0.15) is 10.5 Å². The normalized spacial score (nSPS) is 12.2. The minimum atomic E-state index is -4.60. The van der Waals surface area contributed by atoms with Gasteiger partial charge in [0.15, 0.2) is 5.75 Å². The van der Waals surface area contributed by atoms with Gasteiger partial charge in [0.05, 0.1) is 24.5 Å². The summed E-state index contributed by atoms with van der Waals surface area (Å²) in [6, 6.07) is 16.0. The molecule has 1 amide bonds. The summed E-state index contributed by atoms with van der Waals surface area (Å²) in [5, 5.41) is 4.66. The molecular weight excluding hydrogens is 485 g/mol. The monoisotopic (exact) mass is 502 g/mol. The third kappa shape index (κ3) is 5.69. The number of amides is 1. The van der Waals surface area contributed by atoms with Crippen molar-refractivity contribution in [2.24, 2.45) is 5.10 Å². The van der Waals surface area contributed by atoms with Crippen molar-refractivity contribution in [3.63, 3.8) is 0 Å². The molecule has 1 aromatic heterocycles. The molecule has 0 fully saturated rings. The first kappa shape index (κ1) is 24.0. The molecule has 35 heavy (non-hydrogen) atoms. The molecule has 0 aliphatic rings. The van der Waals surface area contributed by atoms with Crippen LogP contribution in [0.15, 0.2) is 93.5 Å². The van der Waals surface area contributed by atoms with Crippen LogP contribution in [0.1, 0.15) is 16.7 Å². The Balaban J connectivity index is 1.45. The lowest BCUT2D eigenvalue weighted by atomic mass is 10.1. The first-order valence-corrected chi connectivity index (χ1v) is 11.5. The van der Waals surface area contributed by atoms with Crippen LogP contribution >= 0.6 is 0 Å². The number of para-hydroxylation sites is 1. The number of furan rings is 1. The lowest BCUT2D eigenvalue weighted by Crippen LogP contribution is -2.20. The molecule has 0 atom stereocenters. The average molecular weight is 502 g/mol. The number of halogens is 3. The molecule has 0 aliphatic carbocycles. The highest BCUT2D eigenvalue weighted by molar-refractivity contribution is 7.87. The third-order valence-electron chi connectivity index (χ3n) is 4.92. The van der Waals surface area contributed by atoms with Gasteiger partial charge in [-0.15, -0.1) is 0 Å². The molecule has 4 aromatic rings. The van der Waals surface area contributed by atoms with E-state index in [9.17, 15) is 26.4 Å². The number of benzene rings is 3. The molecule has 11 heteroatoms. The van der Waals surface area contributed by atoms with Crippen LogP contribution < -0.4 is 9.61 Å². The predicted octanol–water partition coefficient (Wildman–Crippen LogP) is 4.91. The molecule has 3 aromatic carbocycles. The van der Waals surface area contributed by atoms with Gasteiger partial charge in [0, 0.05) is 10.9 Å². The van der Waals surface area contributed by atoms with Gasteiger partial charge in [0.2, 0.25) is 5.91 Å². The van der Waals surface area contributed by atoms with Crippen LogP contribution in [0, 0.1) is 0 Å². The largest absolute Gasteiger partial charge is 0.464 e. The predicted molar refractivity (Wildman–Crippen MR) is 121 cm³/mol. The highest BCUT2D eigenvalue weighted by Crippen LogP contribution is 2.30. The van der Waals surface area contributed by atoms with Crippen molar-refractivity contribution in [3.05, 3.63) is 95.7 Å². The van der Waals surface area contributed by atoms with E-state index in [1.54, 1.807) is 30.3 Å². The summed E-state index contributed by atoms with van der Waals surface area (Å²) in [7, 11) is -4.42. The molecule has 0 saturated heterocycles. The fraction of sp³-hybridized carbons (Fsp3) is 0.0833. The SMILES string of the molecule is O=C(Cc1cccc2occc12)N/N=C/c1ccccc1OS(=O)(=O)c1ccc(C(F)(F)F)cc1. The zero-order chi connectivity index (χ0) is 25.1. The number of nitrogens with one attached hydrogen (secondary N) is 1. The van der Waals surface area contributed by atoms with Gasteiger partial charge in [-0.05, 0) is 54.1 Å². The molecule has 4 rings (SSSR count). The number of carbonyl (C=O) groups excluding carboxylic acids is 1. The Morgan fingerprint density at radius 1 is 1.00 bits per heavy atom. The topological polar surface area (TPSA) is 98.0 Å². The quantitative estimate of drug-likeness (QED) is 0.220. The molecule has 7 nitrogen and oxygen atoms in total. The molecule has 0 radical (unpaired) electrons. The van der Waals surface area contributed by atoms with E-state index in [0.29, 0.717) is 17.7 Å². The van der Waals surface area contributed by atoms with E-state index in [0.717, 1.165) is 23.1 Å². The average Bonchev–Trinajstić information content (AvgIpc) is 3.30. The third-order valence-corrected chi connectivity index (χ3v) is 6.17. The van der Waals surface area contributed by atoms with E-state index in [1.807, 2.05) is 0 Å². The van der Waals surface area contributed by atoms with E-state index in [2.05, 4.69) is 10.5 Å². The first-order chi connectivity index (χ1) is 16.6. The highest BCUT2D eigenvalue weighted by Gasteiger charge is 2.31. The number of hydrazone groups is 1. The molecule has 0 saturated carbocycles. The zero-order valence-corrected chi connectivity index (χ0v) is 18.6. The fourth-order valence-corrected chi connectivity index (χ4v) is 4.19. The minimum absolute atomic E-state index is 0.0364. The second kappa shape index (κ2) is 9.63. The first-order valence-electron chi connectivity index (χ1n) is 10.1. The molecule has 0 aliphatic heterocycles. The van der Waals surface area contributed by atoms with Crippen molar-refractivity contribution in [1.82, 2.24) is 5.43 Å².